The van der Waals surface area contributed by atoms with Gasteiger partial charge in [0.15, 0.2) is 11.8 Å². The van der Waals surface area contributed by atoms with E-state index in [9.17, 15) is 43.2 Å². The number of carboxylic acids is 1. The zero-order valence-electron chi connectivity index (χ0n) is 30.3. The van der Waals surface area contributed by atoms with Gasteiger partial charge in [-0.3, -0.25) is 9.55 Å². The van der Waals surface area contributed by atoms with Crippen molar-refractivity contribution < 1.29 is 57.4 Å². The van der Waals surface area contributed by atoms with E-state index in [0.717, 1.165) is 25.7 Å². The highest BCUT2D eigenvalue weighted by Crippen LogP contribution is 2.33. The molecule has 0 unspecified atom stereocenters. The molecular weight excluding hydrogens is 732 g/mol. The van der Waals surface area contributed by atoms with Crippen LogP contribution >= 0.6 is 0 Å². The first-order valence-electron chi connectivity index (χ1n) is 17.2. The molecule has 1 aliphatic carbocycles. The lowest BCUT2D eigenvalue weighted by Crippen LogP contribution is -2.61. The molecule has 2 aliphatic rings. The summed E-state index contributed by atoms with van der Waals surface area (Å²) in [5.41, 5.74) is 0.503. The van der Waals surface area contributed by atoms with E-state index in [1.54, 1.807) is 19.3 Å². The molecule has 5 rings (SSSR count). The number of carbonyl (C=O) groups excluding carboxylic acids is 2. The number of ether oxygens (including phenoxy) is 3. The van der Waals surface area contributed by atoms with Crippen LogP contribution in [-0.2, 0) is 30.9 Å². The summed E-state index contributed by atoms with van der Waals surface area (Å²) < 4.78 is 43.9. The third-order valence-corrected chi connectivity index (χ3v) is 11.3. The number of carboxylic acid groups (broad SMARTS) is 1. The van der Waals surface area contributed by atoms with Gasteiger partial charge in [-0.2, -0.15) is 0 Å². The Kier molecular flexibility index (Phi) is 12.9. The van der Waals surface area contributed by atoms with Crippen LogP contribution in [0.3, 0.4) is 0 Å². The maximum Gasteiger partial charge on any atom is 0.409 e. The first-order chi connectivity index (χ1) is 25.6. The second kappa shape index (κ2) is 17.2. The van der Waals surface area contributed by atoms with Crippen LogP contribution in [0.5, 0.6) is 5.75 Å². The number of nitrogens with zero attached hydrogens (tertiary/aromatic N) is 7. The molecule has 21 heteroatoms. The lowest BCUT2D eigenvalue weighted by molar-refractivity contribution is -0.271. The molecule has 5 atom stereocenters. The van der Waals surface area contributed by atoms with Crippen molar-refractivity contribution in [2.24, 2.45) is 5.92 Å². The van der Waals surface area contributed by atoms with Crippen molar-refractivity contribution >= 4 is 45.0 Å². The Balaban J connectivity index is 1.14. The van der Waals surface area contributed by atoms with Crippen molar-refractivity contribution in [1.29, 1.82) is 0 Å². The molecule has 0 bridgehead atoms. The number of carbonyl (C=O) groups is 3. The van der Waals surface area contributed by atoms with Crippen molar-refractivity contribution in [3.8, 4) is 5.75 Å². The molecule has 2 amide bonds. The van der Waals surface area contributed by atoms with E-state index in [4.69, 9.17) is 14.2 Å². The minimum absolute atomic E-state index is 0.0302. The maximum absolute atomic E-state index is 13.5. The summed E-state index contributed by atoms with van der Waals surface area (Å²) in [6, 6.07) is 4.40. The van der Waals surface area contributed by atoms with Crippen LogP contribution in [0.25, 0.3) is 11.0 Å². The summed E-state index contributed by atoms with van der Waals surface area (Å²) >= 11 is 0. The number of pyridine rings is 1. The molecule has 1 aliphatic heterocycles. The number of amides is 2. The summed E-state index contributed by atoms with van der Waals surface area (Å²) in [7, 11) is 3.14. The van der Waals surface area contributed by atoms with Crippen LogP contribution in [-0.4, -0.2) is 160 Å². The molecule has 54 heavy (non-hydrogen) atoms. The van der Waals surface area contributed by atoms with E-state index in [1.807, 2.05) is 7.05 Å². The first kappa shape index (κ1) is 40.5. The predicted octanol–water partition coefficient (Wildman–Crippen LogP) is -0.190. The van der Waals surface area contributed by atoms with Gasteiger partial charge in [0.1, 0.15) is 48.5 Å². The molecule has 4 heterocycles. The van der Waals surface area contributed by atoms with Gasteiger partial charge in [0.05, 0.1) is 11.1 Å². The van der Waals surface area contributed by atoms with E-state index in [2.05, 4.69) is 24.6 Å². The van der Waals surface area contributed by atoms with E-state index in [-0.39, 0.29) is 42.2 Å². The van der Waals surface area contributed by atoms with E-state index >= 15 is 0 Å². The molecular formula is C33H46N8O12S. The Labute approximate surface area is 311 Å². The average Bonchev–Trinajstić information content (AvgIpc) is 3.60. The number of nitrogens with one attached hydrogen (secondary N) is 1. The van der Waals surface area contributed by atoms with Crippen molar-refractivity contribution in [3.63, 3.8) is 0 Å². The number of likely N-dealkylation sites (N-methyl/N-ethyl adjacent to an activating group) is 2. The number of anilines is 1. The molecule has 3 aromatic heterocycles. The maximum atomic E-state index is 13.5. The zero-order chi connectivity index (χ0) is 39.3. The fourth-order valence-corrected chi connectivity index (χ4v) is 7.58. The number of aliphatic carboxylic acids is 1. The van der Waals surface area contributed by atoms with Gasteiger partial charge in [0, 0.05) is 52.7 Å². The van der Waals surface area contributed by atoms with Crippen molar-refractivity contribution in [2.45, 2.75) is 69.0 Å². The zero-order valence-corrected chi connectivity index (χ0v) is 31.1. The Bertz CT molecular complexity index is 1910. The van der Waals surface area contributed by atoms with Gasteiger partial charge < -0.3 is 49.3 Å². The molecule has 0 aromatic carbocycles. The van der Waals surface area contributed by atoms with Gasteiger partial charge in [-0.05, 0) is 56.8 Å². The highest BCUT2D eigenvalue weighted by Gasteiger charge is 2.48. The lowest BCUT2D eigenvalue weighted by Gasteiger charge is -2.38. The summed E-state index contributed by atoms with van der Waals surface area (Å²) in [5.74, 6) is -0.745. The highest BCUT2D eigenvalue weighted by molar-refractivity contribution is 7.89. The number of rotatable bonds is 13. The molecule has 3 aromatic rings. The van der Waals surface area contributed by atoms with Crippen LogP contribution in [0.1, 0.15) is 31.4 Å². The minimum atomic E-state index is -3.28. The quantitative estimate of drug-likeness (QED) is 0.151. The summed E-state index contributed by atoms with van der Waals surface area (Å²) in [4.78, 5) is 55.5. The first-order valence-corrected chi connectivity index (χ1v) is 18.9. The second-order valence-electron chi connectivity index (χ2n) is 13.4. The van der Waals surface area contributed by atoms with Crippen LogP contribution in [0.4, 0.5) is 15.4 Å². The summed E-state index contributed by atoms with van der Waals surface area (Å²) in [6.07, 6.45) is -2.33. The standard InChI is InChI=1S/C33H46N8O12S/c1-34-54(49,50)17-19-7-9-20(10-8-19)40(4)28-21-11-13-41(29(21)37-18-36-28)32(47)38(2)14-15-39(3)33(48)51-16-22-23(6-5-12-35-22)52-31-26(44)24(42)25(43)27(53-31)30(45)46/h5-6,11-13,18-20,24-27,31,34,42-44H,7-10,14-17H2,1-4H3,(H,45,46)/t19-,20-,24-,25-,26+,27-,31+/m0/s1. The molecule has 5 N–H and O–H groups in total. The average molecular weight is 779 g/mol. The Hall–Kier alpha value is -4.67. The van der Waals surface area contributed by atoms with Gasteiger partial charge in [-0.15, -0.1) is 0 Å². The number of aliphatic hydroxyl groups excluding tert-OH is 3. The second-order valence-corrected chi connectivity index (χ2v) is 15.3. The monoisotopic (exact) mass is 778 g/mol. The molecule has 0 radical (unpaired) electrons. The molecule has 1 saturated carbocycles. The third kappa shape index (κ3) is 9.16. The van der Waals surface area contributed by atoms with Crippen LogP contribution in [0.15, 0.2) is 36.9 Å². The normalized spacial score (nSPS) is 24.5. The van der Waals surface area contributed by atoms with Crippen LogP contribution < -0.4 is 14.4 Å². The third-order valence-electron chi connectivity index (χ3n) is 9.78. The Morgan fingerprint density at radius 3 is 2.37 bits per heavy atom. The van der Waals surface area contributed by atoms with Crippen LogP contribution in [0.2, 0.25) is 0 Å². The van der Waals surface area contributed by atoms with Crippen molar-refractivity contribution in [3.05, 3.63) is 42.6 Å². The van der Waals surface area contributed by atoms with Gasteiger partial charge in [-0.1, -0.05) is 0 Å². The van der Waals surface area contributed by atoms with Gasteiger partial charge in [0.25, 0.3) is 0 Å². The molecule has 1 saturated heterocycles. The van der Waals surface area contributed by atoms with E-state index in [0.29, 0.717) is 16.9 Å². The Morgan fingerprint density at radius 2 is 1.69 bits per heavy atom. The van der Waals surface area contributed by atoms with Gasteiger partial charge in [-0.25, -0.2) is 37.5 Å². The number of aliphatic hydroxyl groups is 3. The summed E-state index contributed by atoms with van der Waals surface area (Å²) in [5, 5.41) is 40.3. The van der Waals surface area contributed by atoms with Crippen LogP contribution in [0, 0.1) is 5.92 Å². The molecule has 0 spiro atoms. The number of sulfonamides is 1. The lowest BCUT2D eigenvalue weighted by atomic mass is 9.86. The SMILES string of the molecule is CNS(=O)(=O)C[C@H]1CC[C@H](N(C)c2ncnc3c2ccn3C(=O)N(C)CCN(C)C(=O)OCc2ncccc2O[C@@H]2O[C@H](C(=O)O)[C@@H](O)[C@H](O)[C@H]2O)CC1. The topological polar surface area (TPSA) is 259 Å². The predicted molar refractivity (Wildman–Crippen MR) is 190 cm³/mol. The number of aromatic nitrogens is 4. The van der Waals surface area contributed by atoms with E-state index < -0.39 is 65.4 Å². The Morgan fingerprint density at radius 1 is 0.981 bits per heavy atom. The molecule has 2 fully saturated rings. The number of hydrogen-bond acceptors (Lipinski definition) is 15. The largest absolute Gasteiger partial charge is 0.479 e. The molecule has 20 nitrogen and oxygen atoms in total. The van der Waals surface area contributed by atoms with Gasteiger partial charge >= 0.3 is 18.1 Å². The van der Waals surface area contributed by atoms with Crippen molar-refractivity contribution in [2.75, 3.05) is 51.9 Å². The molecule has 296 valence electrons. The number of hydrogen-bond donors (Lipinski definition) is 5. The van der Waals surface area contributed by atoms with E-state index in [1.165, 1.54) is 53.1 Å². The van der Waals surface area contributed by atoms with Gasteiger partial charge in [0.2, 0.25) is 16.3 Å². The minimum Gasteiger partial charge on any atom is -0.479 e. The highest BCUT2D eigenvalue weighted by atomic mass is 32.2. The number of fused-ring (bicyclic) bond motifs is 1. The fourth-order valence-electron chi connectivity index (χ4n) is 6.46. The smallest absolute Gasteiger partial charge is 0.409 e. The fraction of sp³-hybridized carbons (Fsp3) is 0.576. The summed E-state index contributed by atoms with van der Waals surface area (Å²) in [6.45, 7) is -0.176. The van der Waals surface area contributed by atoms with Crippen molar-refractivity contribution in [1.82, 2.24) is 34.0 Å².